The lowest BCUT2D eigenvalue weighted by atomic mass is 10.1. The minimum absolute atomic E-state index is 0.260. The minimum atomic E-state index is -0.790. The van der Waals surface area contributed by atoms with Crippen LogP contribution in [-0.2, 0) is 25.8 Å². The molecule has 0 unspecified atom stereocenters. The van der Waals surface area contributed by atoms with Crippen molar-refractivity contribution in [3.63, 3.8) is 0 Å². The van der Waals surface area contributed by atoms with Gasteiger partial charge < -0.3 is 30.2 Å². The number of amides is 3. The molecule has 0 aliphatic rings. The van der Waals surface area contributed by atoms with Gasteiger partial charge in [-0.15, -0.1) is 0 Å². The second-order valence-electron chi connectivity index (χ2n) is 10.5. The molecule has 0 saturated carbocycles. The Labute approximate surface area is 232 Å². The number of nitrogens with one attached hydrogen (secondary N) is 3. The van der Waals surface area contributed by atoms with E-state index in [1.165, 1.54) is 0 Å². The largest absolute Gasteiger partial charge is 0.492 e. The fourth-order valence-electron chi connectivity index (χ4n) is 3.16. The van der Waals surface area contributed by atoms with Crippen molar-refractivity contribution in [2.24, 2.45) is 0 Å². The highest BCUT2D eigenvalue weighted by molar-refractivity contribution is 7.79. The fraction of sp³-hybridized carbons (Fsp3) is 0.654. The summed E-state index contributed by atoms with van der Waals surface area (Å²) in [7, 11) is 0. The molecular weight excluding hydrogens is 514 g/mol. The molecule has 0 heterocycles. The van der Waals surface area contributed by atoms with Gasteiger partial charge in [0.25, 0.3) is 0 Å². The lowest BCUT2D eigenvalue weighted by molar-refractivity contribution is -0.123. The molecule has 0 saturated heterocycles. The molecule has 3 N–H and O–H groups in total. The number of benzene rings is 1. The first-order chi connectivity index (χ1) is 17.2. The van der Waals surface area contributed by atoms with E-state index < -0.39 is 29.4 Å². The molecule has 11 heteroatoms. The summed E-state index contributed by atoms with van der Waals surface area (Å²) < 4.78 is 16.3. The van der Waals surface area contributed by atoms with Gasteiger partial charge in [-0.25, -0.2) is 9.59 Å². The van der Waals surface area contributed by atoms with Gasteiger partial charge in [0.2, 0.25) is 5.91 Å². The molecule has 0 radical (unpaired) electrons. The van der Waals surface area contributed by atoms with Gasteiger partial charge in [0.1, 0.15) is 29.6 Å². The molecule has 210 valence electrons. The van der Waals surface area contributed by atoms with E-state index in [1.807, 2.05) is 18.2 Å². The highest BCUT2D eigenvalue weighted by Crippen LogP contribution is 2.21. The van der Waals surface area contributed by atoms with Crippen molar-refractivity contribution in [2.75, 3.05) is 19.7 Å². The summed E-state index contributed by atoms with van der Waals surface area (Å²) in [6.45, 7) is 11.6. The van der Waals surface area contributed by atoms with Crippen LogP contribution in [-0.4, -0.2) is 55.0 Å². The summed E-state index contributed by atoms with van der Waals surface area (Å²) in [5.74, 6) is 1.55. The molecule has 0 fully saturated rings. The number of carbonyl (C=O) groups is 3. The summed E-state index contributed by atoms with van der Waals surface area (Å²) >= 11 is 8.66. The Morgan fingerprint density at radius 2 is 1.46 bits per heavy atom. The second kappa shape index (κ2) is 15.9. The average Bonchev–Trinajstić information content (AvgIpc) is 2.78. The Morgan fingerprint density at radius 1 is 0.838 bits per heavy atom. The van der Waals surface area contributed by atoms with Crippen LogP contribution >= 0.6 is 25.3 Å². The zero-order chi connectivity index (χ0) is 28.1. The monoisotopic (exact) mass is 557 g/mol. The lowest BCUT2D eigenvalue weighted by Crippen LogP contribution is -2.48. The second-order valence-corrected chi connectivity index (χ2v) is 11.1. The van der Waals surface area contributed by atoms with Gasteiger partial charge in [0.15, 0.2) is 0 Å². The Bertz CT molecular complexity index is 884. The average molecular weight is 558 g/mol. The van der Waals surface area contributed by atoms with Crippen molar-refractivity contribution < 1.29 is 28.6 Å². The van der Waals surface area contributed by atoms with Gasteiger partial charge in [-0.3, -0.25) is 4.79 Å². The SMILES string of the molecule is CC(C)(C)OC(=O)NCCCC[C@H](NC(=O)OC(C)(C)C)C(=O)NCCOc1ccc(CS)c(CS)c1. The van der Waals surface area contributed by atoms with Gasteiger partial charge in [-0.1, -0.05) is 6.07 Å². The standard InChI is InChI=1S/C26H43N3O6S2/c1-25(2,3)34-23(31)28-12-8-7-9-21(29-24(32)35-26(4,5)6)22(30)27-13-14-33-20-11-10-18(16-36)19(15-20)17-37/h10-11,15,21,36-37H,7-9,12-14,16-17H2,1-6H3,(H,27,30)(H,28,31)(H,29,32)/t21-/m0/s1. The summed E-state index contributed by atoms with van der Waals surface area (Å²) in [5, 5.41) is 8.14. The van der Waals surface area contributed by atoms with Gasteiger partial charge in [0, 0.05) is 18.1 Å². The quantitative estimate of drug-likeness (QED) is 0.178. The van der Waals surface area contributed by atoms with E-state index in [-0.39, 0.29) is 19.1 Å². The number of hydrogen-bond acceptors (Lipinski definition) is 8. The van der Waals surface area contributed by atoms with E-state index in [0.717, 1.165) is 11.1 Å². The summed E-state index contributed by atoms with van der Waals surface area (Å²) in [6.07, 6.45) is 0.412. The minimum Gasteiger partial charge on any atom is -0.492 e. The van der Waals surface area contributed by atoms with Crippen molar-refractivity contribution in [3.8, 4) is 5.75 Å². The Balaban J connectivity index is 2.57. The van der Waals surface area contributed by atoms with Crippen molar-refractivity contribution in [3.05, 3.63) is 29.3 Å². The third kappa shape index (κ3) is 14.9. The number of hydrogen-bond donors (Lipinski definition) is 5. The third-order valence-corrected chi connectivity index (χ3v) is 5.47. The molecule has 3 amide bonds. The number of thiol groups is 2. The first-order valence-corrected chi connectivity index (χ1v) is 13.7. The van der Waals surface area contributed by atoms with Gasteiger partial charge >= 0.3 is 12.2 Å². The smallest absolute Gasteiger partial charge is 0.408 e. The van der Waals surface area contributed by atoms with Crippen LogP contribution in [0.15, 0.2) is 18.2 Å². The van der Waals surface area contributed by atoms with E-state index in [9.17, 15) is 14.4 Å². The molecular formula is C26H43N3O6S2. The van der Waals surface area contributed by atoms with Crippen LogP contribution in [0.3, 0.4) is 0 Å². The van der Waals surface area contributed by atoms with E-state index in [4.69, 9.17) is 14.2 Å². The molecule has 1 rings (SSSR count). The third-order valence-electron chi connectivity index (χ3n) is 4.78. The lowest BCUT2D eigenvalue weighted by Gasteiger charge is -2.23. The predicted octanol–water partition coefficient (Wildman–Crippen LogP) is 4.63. The first-order valence-electron chi connectivity index (χ1n) is 12.4. The number of rotatable bonds is 13. The van der Waals surface area contributed by atoms with Crippen LogP contribution < -0.4 is 20.7 Å². The van der Waals surface area contributed by atoms with Crippen molar-refractivity contribution in [1.29, 1.82) is 0 Å². The zero-order valence-corrected chi connectivity index (χ0v) is 24.6. The van der Waals surface area contributed by atoms with Crippen LogP contribution in [0.25, 0.3) is 0 Å². The van der Waals surface area contributed by atoms with Crippen molar-refractivity contribution in [1.82, 2.24) is 16.0 Å². The molecule has 9 nitrogen and oxygen atoms in total. The van der Waals surface area contributed by atoms with Gasteiger partial charge in [-0.2, -0.15) is 25.3 Å². The normalized spacial score (nSPS) is 12.3. The summed E-state index contributed by atoms with van der Waals surface area (Å²) in [4.78, 5) is 36.9. The van der Waals surface area contributed by atoms with Crippen LogP contribution in [0.5, 0.6) is 5.75 Å². The van der Waals surface area contributed by atoms with E-state index in [2.05, 4.69) is 41.2 Å². The molecule has 1 aromatic rings. The van der Waals surface area contributed by atoms with Gasteiger partial charge in [0.05, 0.1) is 6.54 Å². The topological polar surface area (TPSA) is 115 Å². The molecule has 0 aliphatic heterocycles. The van der Waals surface area contributed by atoms with E-state index in [1.54, 1.807) is 41.5 Å². The molecule has 1 atom stereocenters. The van der Waals surface area contributed by atoms with Crippen LogP contribution in [0.2, 0.25) is 0 Å². The molecule has 1 aromatic carbocycles. The van der Waals surface area contributed by atoms with Crippen molar-refractivity contribution in [2.45, 2.75) is 89.6 Å². The van der Waals surface area contributed by atoms with E-state index >= 15 is 0 Å². The number of alkyl carbamates (subject to hydrolysis) is 2. The van der Waals surface area contributed by atoms with Crippen LogP contribution in [0, 0.1) is 0 Å². The molecule has 0 aromatic heterocycles. The number of unbranched alkanes of at least 4 members (excludes halogenated alkanes) is 1. The van der Waals surface area contributed by atoms with E-state index in [0.29, 0.717) is 43.1 Å². The Morgan fingerprint density at radius 3 is 2.05 bits per heavy atom. The zero-order valence-electron chi connectivity index (χ0n) is 22.8. The maximum absolute atomic E-state index is 12.8. The maximum Gasteiger partial charge on any atom is 0.408 e. The van der Waals surface area contributed by atoms with Crippen LogP contribution in [0.1, 0.15) is 71.9 Å². The fourth-order valence-corrected chi connectivity index (χ4v) is 3.76. The predicted molar refractivity (Wildman–Crippen MR) is 152 cm³/mol. The van der Waals surface area contributed by atoms with Gasteiger partial charge in [-0.05, 0) is 84.1 Å². The van der Waals surface area contributed by atoms with Crippen LogP contribution in [0.4, 0.5) is 9.59 Å². The molecule has 0 spiro atoms. The maximum atomic E-state index is 12.8. The Kier molecular flexibility index (Phi) is 14.0. The Hall–Kier alpha value is -2.27. The molecule has 37 heavy (non-hydrogen) atoms. The summed E-state index contributed by atoms with van der Waals surface area (Å²) in [5.41, 5.74) is 0.878. The highest BCUT2D eigenvalue weighted by Gasteiger charge is 2.24. The first kappa shape index (κ1) is 32.8. The summed E-state index contributed by atoms with van der Waals surface area (Å²) in [6, 6.07) is 4.93. The van der Waals surface area contributed by atoms with Crippen molar-refractivity contribution >= 4 is 43.4 Å². The number of carbonyl (C=O) groups excluding carboxylic acids is 3. The molecule has 0 aliphatic carbocycles. The molecule has 0 bridgehead atoms. The highest BCUT2D eigenvalue weighted by atomic mass is 32.1. The number of ether oxygens (including phenoxy) is 3.